The zero-order valence-electron chi connectivity index (χ0n) is 5.85. The van der Waals surface area contributed by atoms with Crippen molar-refractivity contribution in [3.63, 3.8) is 0 Å². The summed E-state index contributed by atoms with van der Waals surface area (Å²) in [4.78, 5) is 10.9. The molecule has 2 aliphatic carbocycles. The molecule has 2 unspecified atom stereocenters. The SMILES string of the molecule is O=C1CC2CCC(C1)C2F. The first-order chi connectivity index (χ1) is 4.77. The Bertz CT molecular complexity index is 151. The molecule has 56 valence electrons. The molecule has 0 heterocycles. The number of ketones is 1. The van der Waals surface area contributed by atoms with Crippen molar-refractivity contribution in [2.45, 2.75) is 31.9 Å². The van der Waals surface area contributed by atoms with E-state index >= 15 is 0 Å². The number of carbonyl (C=O) groups is 1. The number of hydrogen-bond acceptors (Lipinski definition) is 1. The Kier molecular flexibility index (Phi) is 1.29. The standard InChI is InChI=1S/C8H11FO/c9-8-5-1-2-6(8)4-7(10)3-5/h5-6,8H,1-4H2. The maximum absolute atomic E-state index is 13.1. The van der Waals surface area contributed by atoms with Crippen LogP contribution < -0.4 is 0 Å². The highest BCUT2D eigenvalue weighted by atomic mass is 19.1. The minimum Gasteiger partial charge on any atom is -0.300 e. The molecular weight excluding hydrogens is 131 g/mol. The number of alkyl halides is 1. The van der Waals surface area contributed by atoms with Crippen LogP contribution in [0.5, 0.6) is 0 Å². The Balaban J connectivity index is 2.16. The van der Waals surface area contributed by atoms with Gasteiger partial charge in [0.15, 0.2) is 0 Å². The van der Waals surface area contributed by atoms with Crippen LogP contribution >= 0.6 is 0 Å². The van der Waals surface area contributed by atoms with E-state index in [9.17, 15) is 9.18 Å². The molecule has 10 heavy (non-hydrogen) atoms. The summed E-state index contributed by atoms with van der Waals surface area (Å²) in [5, 5.41) is 0. The molecule has 0 amide bonds. The summed E-state index contributed by atoms with van der Waals surface area (Å²) in [5.74, 6) is 0.457. The van der Waals surface area contributed by atoms with Crippen LogP contribution in [0.3, 0.4) is 0 Å². The second-order valence-electron chi connectivity index (χ2n) is 3.49. The number of carbonyl (C=O) groups excluding carboxylic acids is 1. The van der Waals surface area contributed by atoms with E-state index in [0.717, 1.165) is 12.8 Å². The molecule has 1 nitrogen and oxygen atoms in total. The van der Waals surface area contributed by atoms with Crippen LogP contribution in [0, 0.1) is 11.8 Å². The van der Waals surface area contributed by atoms with Gasteiger partial charge in [-0.25, -0.2) is 4.39 Å². The van der Waals surface area contributed by atoms with Crippen molar-refractivity contribution < 1.29 is 9.18 Å². The zero-order chi connectivity index (χ0) is 7.14. The Morgan fingerprint density at radius 2 is 1.70 bits per heavy atom. The summed E-state index contributed by atoms with van der Waals surface area (Å²) in [6.45, 7) is 0. The molecule has 0 aliphatic heterocycles. The molecule has 2 saturated carbocycles. The predicted octanol–water partition coefficient (Wildman–Crippen LogP) is 1.71. The predicted molar refractivity (Wildman–Crippen MR) is 35.4 cm³/mol. The van der Waals surface area contributed by atoms with Crippen molar-refractivity contribution in [1.82, 2.24) is 0 Å². The first-order valence-electron chi connectivity index (χ1n) is 3.93. The molecule has 2 rings (SSSR count). The second-order valence-corrected chi connectivity index (χ2v) is 3.49. The van der Waals surface area contributed by atoms with Crippen molar-refractivity contribution in [2.75, 3.05) is 0 Å². The minimum absolute atomic E-state index is 0.0891. The highest BCUT2D eigenvalue weighted by Crippen LogP contribution is 2.42. The van der Waals surface area contributed by atoms with E-state index in [1.165, 1.54) is 0 Å². The van der Waals surface area contributed by atoms with Crippen LogP contribution in [0.25, 0.3) is 0 Å². The summed E-state index contributed by atoms with van der Waals surface area (Å²) in [6, 6.07) is 0. The fourth-order valence-electron chi connectivity index (χ4n) is 2.23. The van der Waals surface area contributed by atoms with Gasteiger partial charge in [-0.05, 0) is 24.7 Å². The smallest absolute Gasteiger partial charge is 0.133 e. The van der Waals surface area contributed by atoms with Gasteiger partial charge in [0.25, 0.3) is 0 Å². The first-order valence-corrected chi connectivity index (χ1v) is 3.93. The van der Waals surface area contributed by atoms with Crippen LogP contribution in [-0.4, -0.2) is 12.0 Å². The lowest BCUT2D eigenvalue weighted by molar-refractivity contribution is -0.123. The summed E-state index contributed by atoms with van der Waals surface area (Å²) < 4.78 is 13.1. The minimum atomic E-state index is -0.655. The number of hydrogen-bond donors (Lipinski definition) is 0. The fourth-order valence-corrected chi connectivity index (χ4v) is 2.23. The van der Waals surface area contributed by atoms with Crippen LogP contribution in [0.4, 0.5) is 4.39 Å². The maximum Gasteiger partial charge on any atom is 0.133 e. The van der Waals surface area contributed by atoms with E-state index in [4.69, 9.17) is 0 Å². The molecule has 2 bridgehead atoms. The lowest BCUT2D eigenvalue weighted by atomic mass is 9.86. The Morgan fingerprint density at radius 1 is 1.20 bits per heavy atom. The number of halogens is 1. The van der Waals surface area contributed by atoms with E-state index in [1.807, 2.05) is 0 Å². The van der Waals surface area contributed by atoms with Gasteiger partial charge in [-0.3, -0.25) is 4.79 Å². The Morgan fingerprint density at radius 3 is 2.20 bits per heavy atom. The van der Waals surface area contributed by atoms with E-state index in [1.54, 1.807) is 0 Å². The monoisotopic (exact) mass is 142 g/mol. The van der Waals surface area contributed by atoms with Crippen molar-refractivity contribution in [3.05, 3.63) is 0 Å². The van der Waals surface area contributed by atoms with Crippen LogP contribution in [-0.2, 0) is 4.79 Å². The topological polar surface area (TPSA) is 17.1 Å². The van der Waals surface area contributed by atoms with Crippen molar-refractivity contribution >= 4 is 5.78 Å². The van der Waals surface area contributed by atoms with Gasteiger partial charge in [0.05, 0.1) is 0 Å². The average molecular weight is 142 g/mol. The highest BCUT2D eigenvalue weighted by molar-refractivity contribution is 5.80. The third kappa shape index (κ3) is 0.780. The second kappa shape index (κ2) is 2.04. The van der Waals surface area contributed by atoms with Gasteiger partial charge < -0.3 is 0 Å². The van der Waals surface area contributed by atoms with Crippen LogP contribution in [0.1, 0.15) is 25.7 Å². The third-order valence-electron chi connectivity index (χ3n) is 2.79. The summed E-state index contributed by atoms with van der Waals surface area (Å²) in [6.07, 6.45) is 2.25. The highest BCUT2D eigenvalue weighted by Gasteiger charge is 2.42. The fraction of sp³-hybridized carbons (Fsp3) is 0.875. The summed E-state index contributed by atoms with van der Waals surface area (Å²) in [5.41, 5.74) is 0. The van der Waals surface area contributed by atoms with Gasteiger partial charge in [0.2, 0.25) is 0 Å². The van der Waals surface area contributed by atoms with Gasteiger partial charge in [-0.15, -0.1) is 0 Å². The van der Waals surface area contributed by atoms with Gasteiger partial charge >= 0.3 is 0 Å². The van der Waals surface area contributed by atoms with E-state index in [2.05, 4.69) is 0 Å². The largest absolute Gasteiger partial charge is 0.300 e. The normalized spacial score (nSPS) is 46.1. The molecule has 0 radical (unpaired) electrons. The zero-order valence-corrected chi connectivity index (χ0v) is 5.85. The van der Waals surface area contributed by atoms with Gasteiger partial charge in [0, 0.05) is 12.8 Å². The third-order valence-corrected chi connectivity index (χ3v) is 2.79. The number of Topliss-reactive ketones (excluding diaryl/α,β-unsaturated/α-hetero) is 1. The van der Waals surface area contributed by atoms with Crippen molar-refractivity contribution in [2.24, 2.45) is 11.8 Å². The molecule has 2 fully saturated rings. The number of rotatable bonds is 0. The lowest BCUT2D eigenvalue weighted by Crippen LogP contribution is -2.26. The maximum atomic E-state index is 13.1. The Hall–Kier alpha value is -0.400. The molecule has 2 aliphatic rings. The molecule has 0 spiro atoms. The summed E-state index contributed by atoms with van der Waals surface area (Å²) in [7, 11) is 0. The van der Waals surface area contributed by atoms with Gasteiger partial charge in [0.1, 0.15) is 12.0 Å². The molecule has 0 aromatic carbocycles. The molecule has 2 atom stereocenters. The van der Waals surface area contributed by atoms with Crippen molar-refractivity contribution in [3.8, 4) is 0 Å². The lowest BCUT2D eigenvalue weighted by Gasteiger charge is -2.21. The van der Waals surface area contributed by atoms with Crippen LogP contribution in [0.2, 0.25) is 0 Å². The van der Waals surface area contributed by atoms with Crippen molar-refractivity contribution in [1.29, 1.82) is 0 Å². The van der Waals surface area contributed by atoms with E-state index < -0.39 is 6.17 Å². The average Bonchev–Trinajstić information content (AvgIpc) is 2.20. The van der Waals surface area contributed by atoms with Gasteiger partial charge in [-0.2, -0.15) is 0 Å². The van der Waals surface area contributed by atoms with E-state index in [-0.39, 0.29) is 17.6 Å². The molecule has 0 aromatic rings. The molecule has 2 heteroatoms. The molecule has 0 N–H and O–H groups in total. The Labute approximate surface area is 59.6 Å². The van der Waals surface area contributed by atoms with Gasteiger partial charge in [-0.1, -0.05) is 0 Å². The summed E-state index contributed by atoms with van der Waals surface area (Å²) >= 11 is 0. The molecule has 0 aromatic heterocycles. The first kappa shape index (κ1) is 6.32. The molecule has 0 saturated heterocycles. The quantitative estimate of drug-likeness (QED) is 0.503. The molecular formula is C8H11FO. The van der Waals surface area contributed by atoms with Crippen LogP contribution in [0.15, 0.2) is 0 Å². The van der Waals surface area contributed by atoms with E-state index in [0.29, 0.717) is 12.8 Å². The number of fused-ring (bicyclic) bond motifs is 2.